The van der Waals surface area contributed by atoms with Gasteiger partial charge in [-0.2, -0.15) is 0 Å². The van der Waals surface area contributed by atoms with Gasteiger partial charge in [0, 0.05) is 6.92 Å². The molecule has 2 bridgehead atoms. The Balaban J connectivity index is 1.72. The van der Waals surface area contributed by atoms with Crippen molar-refractivity contribution in [3.8, 4) is 0 Å². The fraction of sp³-hybridized carbons (Fsp3) is 0.870. The van der Waals surface area contributed by atoms with Crippen molar-refractivity contribution < 1.29 is 34.4 Å². The van der Waals surface area contributed by atoms with E-state index in [4.69, 9.17) is 4.74 Å². The molecule has 0 aliphatic heterocycles. The van der Waals surface area contributed by atoms with Crippen LogP contribution in [0.5, 0.6) is 0 Å². The Kier molecular flexibility index (Phi) is 5.00. The SMILES string of the molecule is CC(=O)OC[C@@]1(C(=O)O)CCC[C@@]2(C)[C@@H]3CC[C@H]4C[C@@]3(CC[C@H]12)C[C@@]4(CO)C(=O)O. The molecule has 0 aromatic carbocycles. The molecular formula is C23H34O7. The lowest BCUT2D eigenvalue weighted by molar-refractivity contribution is -0.195. The molecular weight excluding hydrogens is 388 g/mol. The number of aliphatic hydroxyl groups excluding tert-OH is 1. The first-order valence-corrected chi connectivity index (χ1v) is 11.3. The average Bonchev–Trinajstić information content (AvgIpc) is 2.93. The third-order valence-electron chi connectivity index (χ3n) is 9.84. The van der Waals surface area contributed by atoms with E-state index in [1.807, 2.05) is 0 Å². The molecule has 4 aliphatic carbocycles. The molecule has 7 heteroatoms. The van der Waals surface area contributed by atoms with Crippen molar-refractivity contribution in [2.75, 3.05) is 13.2 Å². The number of carboxylic acid groups (broad SMARTS) is 2. The Morgan fingerprint density at radius 3 is 2.27 bits per heavy atom. The Bertz CT molecular complexity index is 765. The van der Waals surface area contributed by atoms with Crippen molar-refractivity contribution in [2.45, 2.75) is 71.6 Å². The molecule has 0 aromatic rings. The summed E-state index contributed by atoms with van der Waals surface area (Å²) in [6.45, 7) is 3.10. The molecule has 0 aromatic heterocycles. The molecule has 7 nitrogen and oxygen atoms in total. The summed E-state index contributed by atoms with van der Waals surface area (Å²) in [5, 5.41) is 30.3. The van der Waals surface area contributed by atoms with E-state index in [-0.39, 0.29) is 41.8 Å². The number of aliphatic carboxylic acids is 2. The Morgan fingerprint density at radius 2 is 1.67 bits per heavy atom. The number of carbonyl (C=O) groups excluding carboxylic acids is 1. The van der Waals surface area contributed by atoms with Crippen LogP contribution >= 0.6 is 0 Å². The number of carboxylic acids is 2. The predicted octanol–water partition coefficient (Wildman–Crippen LogP) is 3.09. The maximum absolute atomic E-state index is 12.5. The van der Waals surface area contributed by atoms with E-state index in [0.29, 0.717) is 19.3 Å². The van der Waals surface area contributed by atoms with Crippen LogP contribution in [0, 0.1) is 39.4 Å². The number of rotatable bonds is 5. The monoisotopic (exact) mass is 422 g/mol. The Hall–Kier alpha value is -1.63. The Labute approximate surface area is 177 Å². The van der Waals surface area contributed by atoms with E-state index in [2.05, 4.69) is 6.92 Å². The molecule has 0 unspecified atom stereocenters. The molecule has 0 saturated heterocycles. The van der Waals surface area contributed by atoms with Crippen LogP contribution in [0.4, 0.5) is 0 Å². The molecule has 168 valence electrons. The summed E-state index contributed by atoms with van der Waals surface area (Å²) in [5.41, 5.74) is -2.51. The lowest BCUT2D eigenvalue weighted by atomic mass is 9.40. The van der Waals surface area contributed by atoms with Crippen molar-refractivity contribution in [2.24, 2.45) is 39.4 Å². The first kappa shape index (κ1) is 21.6. The van der Waals surface area contributed by atoms with Crippen LogP contribution in [0.1, 0.15) is 71.6 Å². The van der Waals surface area contributed by atoms with Crippen LogP contribution in [-0.4, -0.2) is 46.4 Å². The molecule has 30 heavy (non-hydrogen) atoms. The number of hydrogen-bond acceptors (Lipinski definition) is 5. The van der Waals surface area contributed by atoms with Crippen molar-refractivity contribution >= 4 is 17.9 Å². The lowest BCUT2D eigenvalue weighted by Gasteiger charge is -2.63. The molecule has 1 spiro atoms. The van der Waals surface area contributed by atoms with E-state index in [0.717, 1.165) is 38.5 Å². The summed E-state index contributed by atoms with van der Waals surface area (Å²) >= 11 is 0. The highest BCUT2D eigenvalue weighted by atomic mass is 16.5. The van der Waals surface area contributed by atoms with Crippen molar-refractivity contribution in [3.63, 3.8) is 0 Å². The summed E-state index contributed by atoms with van der Waals surface area (Å²) in [6.07, 6.45) is 6.65. The molecule has 4 fully saturated rings. The van der Waals surface area contributed by atoms with Gasteiger partial charge in [-0.3, -0.25) is 14.4 Å². The summed E-state index contributed by atoms with van der Waals surface area (Å²) in [5.74, 6) is -2.10. The summed E-state index contributed by atoms with van der Waals surface area (Å²) < 4.78 is 5.29. The molecule has 0 radical (unpaired) electrons. The van der Waals surface area contributed by atoms with Gasteiger partial charge in [-0.1, -0.05) is 13.3 Å². The van der Waals surface area contributed by atoms with Gasteiger partial charge in [-0.15, -0.1) is 0 Å². The Morgan fingerprint density at radius 1 is 0.967 bits per heavy atom. The largest absolute Gasteiger partial charge is 0.481 e. The van der Waals surface area contributed by atoms with Crippen LogP contribution in [0.25, 0.3) is 0 Å². The highest BCUT2D eigenvalue weighted by Gasteiger charge is 2.70. The summed E-state index contributed by atoms with van der Waals surface area (Å²) in [4.78, 5) is 36.2. The van der Waals surface area contributed by atoms with Gasteiger partial charge < -0.3 is 20.1 Å². The zero-order valence-corrected chi connectivity index (χ0v) is 18.0. The summed E-state index contributed by atoms with van der Waals surface area (Å²) in [6, 6.07) is 0. The van der Waals surface area contributed by atoms with Gasteiger partial charge >= 0.3 is 17.9 Å². The molecule has 3 N–H and O–H groups in total. The first-order valence-electron chi connectivity index (χ1n) is 11.3. The van der Waals surface area contributed by atoms with Crippen LogP contribution in [-0.2, 0) is 19.1 Å². The van der Waals surface area contributed by atoms with Crippen molar-refractivity contribution in [3.05, 3.63) is 0 Å². The van der Waals surface area contributed by atoms with Crippen molar-refractivity contribution in [1.82, 2.24) is 0 Å². The van der Waals surface area contributed by atoms with E-state index in [9.17, 15) is 29.7 Å². The molecule has 4 saturated carbocycles. The number of hydrogen-bond donors (Lipinski definition) is 3. The van der Waals surface area contributed by atoms with Gasteiger partial charge in [0.1, 0.15) is 12.0 Å². The molecule has 4 rings (SSSR count). The molecule has 7 atom stereocenters. The topological polar surface area (TPSA) is 121 Å². The van der Waals surface area contributed by atoms with Gasteiger partial charge in [-0.25, -0.2) is 0 Å². The van der Waals surface area contributed by atoms with Gasteiger partial charge in [0.15, 0.2) is 0 Å². The minimum atomic E-state index is -1.07. The van der Waals surface area contributed by atoms with Crippen LogP contribution in [0.2, 0.25) is 0 Å². The number of aliphatic hydroxyl groups is 1. The fourth-order valence-electron chi connectivity index (χ4n) is 8.69. The first-order chi connectivity index (χ1) is 14.1. The number of esters is 1. The normalized spacial score (nSPS) is 47.1. The van der Waals surface area contributed by atoms with Crippen LogP contribution < -0.4 is 0 Å². The fourth-order valence-corrected chi connectivity index (χ4v) is 8.69. The average molecular weight is 423 g/mol. The van der Waals surface area contributed by atoms with Crippen molar-refractivity contribution in [1.29, 1.82) is 0 Å². The third-order valence-corrected chi connectivity index (χ3v) is 9.84. The zero-order chi connectivity index (χ0) is 21.9. The number of fused-ring (bicyclic) bond motifs is 3. The van der Waals surface area contributed by atoms with E-state index >= 15 is 0 Å². The molecule has 0 amide bonds. The summed E-state index contributed by atoms with van der Waals surface area (Å²) in [7, 11) is 0. The second-order valence-electron chi connectivity index (χ2n) is 10.9. The zero-order valence-electron chi connectivity index (χ0n) is 18.0. The minimum Gasteiger partial charge on any atom is -0.481 e. The quantitative estimate of drug-likeness (QED) is 0.582. The van der Waals surface area contributed by atoms with Gasteiger partial charge in [0.25, 0.3) is 0 Å². The highest BCUT2D eigenvalue weighted by Crippen LogP contribution is 2.74. The standard InChI is InChI=1S/C23H34O7/c1-14(25)30-13-22(18(26)27)8-3-7-20(2)16-5-4-15-10-21(16,9-6-17(20)22)11-23(15,12-24)19(28)29/h15-17,24H,3-13H2,1-2H3,(H,26,27)(H,28,29)/t15-,16-,17-,20-,21-,22-,23-/m0/s1. The maximum Gasteiger partial charge on any atom is 0.313 e. The van der Waals surface area contributed by atoms with Gasteiger partial charge in [-0.05, 0) is 80.0 Å². The lowest BCUT2D eigenvalue weighted by Crippen LogP contribution is -2.60. The van der Waals surface area contributed by atoms with E-state index in [1.54, 1.807) is 0 Å². The maximum atomic E-state index is 12.5. The second-order valence-corrected chi connectivity index (χ2v) is 10.9. The van der Waals surface area contributed by atoms with Crippen LogP contribution in [0.15, 0.2) is 0 Å². The van der Waals surface area contributed by atoms with Crippen LogP contribution in [0.3, 0.4) is 0 Å². The molecule has 4 aliphatic rings. The van der Waals surface area contributed by atoms with Gasteiger partial charge in [0.2, 0.25) is 0 Å². The number of carbonyl (C=O) groups is 3. The predicted molar refractivity (Wildman–Crippen MR) is 106 cm³/mol. The highest BCUT2D eigenvalue weighted by molar-refractivity contribution is 5.77. The van der Waals surface area contributed by atoms with E-state index in [1.165, 1.54) is 6.92 Å². The minimum absolute atomic E-state index is 0.00901. The third kappa shape index (κ3) is 2.69. The second kappa shape index (κ2) is 6.94. The van der Waals surface area contributed by atoms with E-state index < -0.39 is 28.7 Å². The number of ether oxygens (including phenoxy) is 1. The smallest absolute Gasteiger partial charge is 0.313 e. The molecule has 0 heterocycles. The van der Waals surface area contributed by atoms with Gasteiger partial charge in [0.05, 0.1) is 12.0 Å².